The molecule has 2 aliphatic rings. The Morgan fingerprint density at radius 1 is 0.448 bits per heavy atom. The van der Waals surface area contributed by atoms with Gasteiger partial charge in [-0.1, -0.05) is 185 Å². The maximum Gasteiger partial charge on any atom is 0.0159 e. The second-order valence-corrected chi connectivity index (χ2v) is 18.9. The van der Waals surface area contributed by atoms with Crippen molar-refractivity contribution in [2.24, 2.45) is 0 Å². The molecule has 0 aliphatic heterocycles. The summed E-state index contributed by atoms with van der Waals surface area (Å²) in [6.45, 7) is 4.78. The molecule has 1 heteroatoms. The molecule has 1 unspecified atom stereocenters. The van der Waals surface area contributed by atoms with Crippen LogP contribution in [0, 0.1) is 0 Å². The molecule has 58 heavy (non-hydrogen) atoms. The van der Waals surface area contributed by atoms with Gasteiger partial charge in [0.25, 0.3) is 0 Å². The van der Waals surface area contributed by atoms with Crippen LogP contribution in [0.2, 0.25) is 0 Å². The molecule has 2 aliphatic carbocycles. The van der Waals surface area contributed by atoms with Crippen LogP contribution in [0.25, 0.3) is 98.7 Å². The van der Waals surface area contributed by atoms with E-state index in [1.807, 2.05) is 0 Å². The molecular weight excluding hydrogens is 716 g/mol. The van der Waals surface area contributed by atoms with Crippen molar-refractivity contribution in [3.05, 3.63) is 204 Å². The van der Waals surface area contributed by atoms with Gasteiger partial charge < -0.3 is 0 Å². The Bertz CT molecular complexity index is 3350. The molecule has 0 fully saturated rings. The van der Waals surface area contributed by atoms with Crippen LogP contribution in [-0.2, 0) is 11.8 Å². The third-order valence-electron chi connectivity index (χ3n) is 13.2. The Morgan fingerprint density at radius 3 is 1.98 bits per heavy atom. The quantitative estimate of drug-likeness (QED) is 0.157. The summed E-state index contributed by atoms with van der Waals surface area (Å²) in [6, 6.07) is 66.8. The standard InChI is InChI=1S/C57H41P/c1-57(2)50-24-12-10-22-46(50)56-47(23-14-25-51(56)57)55-44-21-9-8-20-43(44)54(45-31-29-39(34-49(45)55)38-28-27-36-15-6-7-16-37(36)33-38)40-30-32-53-48(35-40)42-19-11-13-26-52(42)58(53)41-17-4-3-5-18-41/h3-10,12-18,20-35H,11,19H2,1-2H3. The van der Waals surface area contributed by atoms with E-state index in [4.69, 9.17) is 0 Å². The number of benzene rings is 9. The lowest BCUT2D eigenvalue weighted by Gasteiger charge is -2.23. The third-order valence-corrected chi connectivity index (χ3v) is 15.8. The molecule has 1 heterocycles. The van der Waals surface area contributed by atoms with Gasteiger partial charge in [-0.05, 0) is 141 Å². The Balaban J connectivity index is 1.18. The van der Waals surface area contributed by atoms with Gasteiger partial charge in [0.15, 0.2) is 0 Å². The molecule has 12 rings (SSSR count). The maximum absolute atomic E-state index is 2.55. The van der Waals surface area contributed by atoms with Crippen molar-refractivity contribution in [1.82, 2.24) is 0 Å². The molecule has 0 amide bonds. The number of rotatable bonds is 4. The summed E-state index contributed by atoms with van der Waals surface area (Å²) in [4.78, 5) is 0. The molecule has 1 atom stereocenters. The minimum Gasteiger partial charge on any atom is -0.0833 e. The van der Waals surface area contributed by atoms with Crippen molar-refractivity contribution in [2.75, 3.05) is 0 Å². The molecule has 0 N–H and O–H groups in total. The van der Waals surface area contributed by atoms with E-state index >= 15 is 0 Å². The molecule has 0 bridgehead atoms. The van der Waals surface area contributed by atoms with Gasteiger partial charge in [-0.2, -0.15) is 0 Å². The van der Waals surface area contributed by atoms with E-state index in [-0.39, 0.29) is 5.41 Å². The lowest BCUT2D eigenvalue weighted by molar-refractivity contribution is 0.660. The van der Waals surface area contributed by atoms with Crippen molar-refractivity contribution in [3.63, 3.8) is 0 Å². The van der Waals surface area contributed by atoms with Crippen LogP contribution in [0.1, 0.15) is 42.3 Å². The summed E-state index contributed by atoms with van der Waals surface area (Å²) in [5, 5.41) is 13.6. The first-order valence-electron chi connectivity index (χ1n) is 20.7. The van der Waals surface area contributed by atoms with Crippen LogP contribution in [-0.4, -0.2) is 0 Å². The first kappa shape index (κ1) is 33.7. The van der Waals surface area contributed by atoms with Crippen LogP contribution < -0.4 is 0 Å². The van der Waals surface area contributed by atoms with Gasteiger partial charge in [-0.15, -0.1) is 0 Å². The molecule has 0 spiro atoms. The molecule has 0 radical (unpaired) electrons. The maximum atomic E-state index is 2.55. The number of aryl methyl sites for hydroxylation is 1. The van der Waals surface area contributed by atoms with E-state index in [0.29, 0.717) is 0 Å². The fourth-order valence-electron chi connectivity index (χ4n) is 10.5. The molecule has 274 valence electrons. The minimum atomic E-state index is -0.582. The van der Waals surface area contributed by atoms with Gasteiger partial charge in [0.05, 0.1) is 0 Å². The van der Waals surface area contributed by atoms with Crippen LogP contribution in [0.4, 0.5) is 0 Å². The highest BCUT2D eigenvalue weighted by Crippen LogP contribution is 2.58. The van der Waals surface area contributed by atoms with E-state index in [1.165, 1.54) is 109 Å². The average molecular weight is 757 g/mol. The summed E-state index contributed by atoms with van der Waals surface area (Å²) < 4.78 is 0. The van der Waals surface area contributed by atoms with Gasteiger partial charge in [0.2, 0.25) is 0 Å². The largest absolute Gasteiger partial charge is 0.0833 e. The Morgan fingerprint density at radius 2 is 1.10 bits per heavy atom. The molecule has 0 saturated heterocycles. The van der Waals surface area contributed by atoms with Crippen LogP contribution >= 0.6 is 7.53 Å². The summed E-state index contributed by atoms with van der Waals surface area (Å²) >= 11 is 0. The number of fused-ring (bicyclic) bond motifs is 9. The lowest BCUT2D eigenvalue weighted by atomic mass is 9.80. The molecular formula is C57H41P. The third kappa shape index (κ3) is 4.89. The molecule has 9 aromatic carbocycles. The smallest absolute Gasteiger partial charge is 0.0159 e. The number of allylic oxidation sites excluding steroid dienone is 1. The van der Waals surface area contributed by atoms with E-state index in [0.717, 1.165) is 12.8 Å². The summed E-state index contributed by atoms with van der Waals surface area (Å²) in [6.07, 6.45) is 7.01. The highest BCUT2D eigenvalue weighted by atomic mass is 31.1. The number of hydrogen-bond donors (Lipinski definition) is 0. The zero-order chi connectivity index (χ0) is 38.5. The van der Waals surface area contributed by atoms with E-state index in [9.17, 15) is 0 Å². The first-order chi connectivity index (χ1) is 28.5. The zero-order valence-corrected chi connectivity index (χ0v) is 33.7. The second kappa shape index (κ2) is 12.8. The predicted octanol–water partition coefficient (Wildman–Crippen LogP) is 16.5. The molecule has 10 aromatic rings. The summed E-state index contributed by atoms with van der Waals surface area (Å²) in [5.74, 6) is 0. The van der Waals surface area contributed by atoms with Crippen LogP contribution in [0.3, 0.4) is 0 Å². The van der Waals surface area contributed by atoms with Gasteiger partial charge in [-0.3, -0.25) is 0 Å². The highest BCUT2D eigenvalue weighted by Gasteiger charge is 2.37. The minimum absolute atomic E-state index is 0.0881. The zero-order valence-electron chi connectivity index (χ0n) is 32.8. The van der Waals surface area contributed by atoms with Crippen molar-refractivity contribution in [3.8, 4) is 49.8 Å². The predicted molar refractivity (Wildman–Crippen MR) is 252 cm³/mol. The van der Waals surface area contributed by atoms with Crippen LogP contribution in [0.15, 0.2) is 182 Å². The van der Waals surface area contributed by atoms with E-state index in [1.54, 1.807) is 5.56 Å². The van der Waals surface area contributed by atoms with Gasteiger partial charge >= 0.3 is 0 Å². The molecule has 1 aromatic heterocycles. The fraction of sp³-hybridized carbons (Fsp3) is 0.0877. The molecule has 0 saturated carbocycles. The number of hydrogen-bond acceptors (Lipinski definition) is 0. The van der Waals surface area contributed by atoms with Crippen molar-refractivity contribution in [1.29, 1.82) is 0 Å². The van der Waals surface area contributed by atoms with Crippen molar-refractivity contribution in [2.45, 2.75) is 32.1 Å². The van der Waals surface area contributed by atoms with Gasteiger partial charge in [0.1, 0.15) is 0 Å². The first-order valence-corrected chi connectivity index (χ1v) is 22.0. The van der Waals surface area contributed by atoms with Crippen LogP contribution in [0.5, 0.6) is 0 Å². The topological polar surface area (TPSA) is 0 Å². The monoisotopic (exact) mass is 756 g/mol. The SMILES string of the molecule is CC1(C)c2ccccc2-c2c(-c3c4ccccc4c(-c4ccc5c(c4)c4c(p5-c5ccccc5)C=CCC4)c4ccc(-c5ccc6ccccc6c5)cc34)cccc21. The van der Waals surface area contributed by atoms with E-state index < -0.39 is 7.53 Å². The summed E-state index contributed by atoms with van der Waals surface area (Å²) in [5.41, 5.74) is 14.7. The highest BCUT2D eigenvalue weighted by molar-refractivity contribution is 7.64. The van der Waals surface area contributed by atoms with Gasteiger partial charge in [0, 0.05) is 15.8 Å². The van der Waals surface area contributed by atoms with Gasteiger partial charge in [-0.25, -0.2) is 0 Å². The Kier molecular flexibility index (Phi) is 7.41. The van der Waals surface area contributed by atoms with E-state index in [2.05, 4.69) is 202 Å². The molecule has 0 nitrogen and oxygen atoms in total. The average Bonchev–Trinajstić information content (AvgIpc) is 3.73. The van der Waals surface area contributed by atoms with Crippen molar-refractivity contribution >= 4 is 56.4 Å². The second-order valence-electron chi connectivity index (χ2n) is 16.7. The normalized spacial score (nSPS) is 14.3. The van der Waals surface area contributed by atoms with Crippen molar-refractivity contribution < 1.29 is 0 Å². The fourth-order valence-corrected chi connectivity index (χ4v) is 13.2. The Hall–Kier alpha value is -6.46. The Labute approximate surface area is 340 Å². The summed E-state index contributed by atoms with van der Waals surface area (Å²) in [7, 11) is -0.582. The lowest BCUT2D eigenvalue weighted by Crippen LogP contribution is -2.14.